The molecule has 2 aromatic carbocycles. The van der Waals surface area contributed by atoms with E-state index in [1.54, 1.807) is 12.1 Å². The van der Waals surface area contributed by atoms with Crippen molar-refractivity contribution in [2.45, 2.75) is 23.8 Å². The number of hydrogen-bond acceptors (Lipinski definition) is 5. The number of esters is 1. The van der Waals surface area contributed by atoms with Gasteiger partial charge in [0.15, 0.2) is 0 Å². The first-order valence-electron chi connectivity index (χ1n) is 8.08. The van der Waals surface area contributed by atoms with Crippen LogP contribution in [0.5, 0.6) is 0 Å². The Morgan fingerprint density at radius 3 is 2.54 bits per heavy atom. The number of anilines is 1. The minimum Gasteiger partial charge on any atom is -0.468 e. The fraction of sp³-hybridized carbons (Fsp3) is 0.278. The molecule has 0 heterocycles. The van der Waals surface area contributed by atoms with Crippen molar-refractivity contribution in [3.63, 3.8) is 0 Å². The highest BCUT2D eigenvalue weighted by molar-refractivity contribution is 7.89. The largest absolute Gasteiger partial charge is 0.468 e. The number of sulfonamides is 1. The summed E-state index contributed by atoms with van der Waals surface area (Å²) in [6.45, 7) is 0.0852. The second kappa shape index (κ2) is 7.65. The molecule has 1 aliphatic rings. The van der Waals surface area contributed by atoms with Crippen LogP contribution in [0.15, 0.2) is 47.4 Å². The molecule has 2 aromatic rings. The quantitative estimate of drug-likeness (QED) is 0.735. The van der Waals surface area contributed by atoms with E-state index in [2.05, 4.69) is 14.8 Å². The molecule has 0 aliphatic heterocycles. The van der Waals surface area contributed by atoms with Crippen molar-refractivity contribution in [2.24, 2.45) is 0 Å². The average Bonchev–Trinajstić information content (AvgIpc) is 3.00. The smallest absolute Gasteiger partial charge is 0.325 e. The molecule has 1 atom stereocenters. The van der Waals surface area contributed by atoms with Crippen LogP contribution in [-0.2, 0) is 32.4 Å². The van der Waals surface area contributed by atoms with Gasteiger partial charge in [-0.1, -0.05) is 17.7 Å². The van der Waals surface area contributed by atoms with Crippen LogP contribution >= 0.6 is 11.6 Å². The van der Waals surface area contributed by atoms with E-state index in [1.807, 2.05) is 18.2 Å². The minimum atomic E-state index is -3.60. The van der Waals surface area contributed by atoms with Crippen molar-refractivity contribution >= 4 is 33.3 Å². The van der Waals surface area contributed by atoms with Gasteiger partial charge >= 0.3 is 5.97 Å². The number of nitrogens with one attached hydrogen (secondary N) is 2. The predicted molar refractivity (Wildman–Crippen MR) is 99.9 cm³/mol. The molecule has 0 saturated carbocycles. The fourth-order valence-corrected chi connectivity index (χ4v) is 4.32. The maximum atomic E-state index is 12.5. The van der Waals surface area contributed by atoms with Gasteiger partial charge in [-0.3, -0.25) is 4.79 Å². The molecule has 0 aromatic heterocycles. The monoisotopic (exact) mass is 394 g/mol. The highest BCUT2D eigenvalue weighted by Gasteiger charge is 2.26. The lowest BCUT2D eigenvalue weighted by Crippen LogP contribution is -2.35. The standard InChI is InChI=1S/C18H19ClN2O4S/c1-25-18(22)11-20-15-5-2-12-8-16(10-13(12)9-15)21-26(23,24)17-6-3-14(19)4-7-17/h2-7,9,16,20-21H,8,10-11H2,1H3. The van der Waals surface area contributed by atoms with Crippen LogP contribution in [0, 0.1) is 0 Å². The summed E-state index contributed by atoms with van der Waals surface area (Å²) in [4.78, 5) is 11.4. The van der Waals surface area contributed by atoms with E-state index in [9.17, 15) is 13.2 Å². The third-order valence-corrected chi connectivity index (χ3v) is 6.04. The SMILES string of the molecule is COC(=O)CNc1ccc2c(c1)CC(NS(=O)(=O)c1ccc(Cl)cc1)C2. The molecule has 0 fully saturated rings. The van der Waals surface area contributed by atoms with Crippen molar-refractivity contribution in [3.8, 4) is 0 Å². The van der Waals surface area contributed by atoms with Crippen LogP contribution < -0.4 is 10.0 Å². The van der Waals surface area contributed by atoms with Crippen molar-refractivity contribution in [3.05, 3.63) is 58.6 Å². The fourth-order valence-electron chi connectivity index (χ4n) is 2.96. The molecule has 26 heavy (non-hydrogen) atoms. The first-order chi connectivity index (χ1) is 12.4. The number of ether oxygens (including phenoxy) is 1. The molecule has 138 valence electrons. The summed E-state index contributed by atoms with van der Waals surface area (Å²) in [6, 6.07) is 11.6. The van der Waals surface area contributed by atoms with Gasteiger partial charge in [0.2, 0.25) is 10.0 Å². The summed E-state index contributed by atoms with van der Waals surface area (Å²) >= 11 is 5.81. The van der Waals surface area contributed by atoms with Crippen molar-refractivity contribution in [1.29, 1.82) is 0 Å². The number of halogens is 1. The van der Waals surface area contributed by atoms with Crippen LogP contribution in [0.2, 0.25) is 5.02 Å². The number of rotatable bonds is 6. The molecule has 1 unspecified atom stereocenters. The Hall–Kier alpha value is -2.09. The van der Waals surface area contributed by atoms with Gasteiger partial charge in [0.05, 0.1) is 12.0 Å². The van der Waals surface area contributed by atoms with Gasteiger partial charge in [-0.15, -0.1) is 0 Å². The third-order valence-electron chi connectivity index (χ3n) is 4.25. The highest BCUT2D eigenvalue weighted by atomic mass is 35.5. The number of benzene rings is 2. The van der Waals surface area contributed by atoms with Crippen LogP contribution in [0.25, 0.3) is 0 Å². The summed E-state index contributed by atoms with van der Waals surface area (Å²) < 4.78 is 32.4. The van der Waals surface area contributed by atoms with Crippen LogP contribution in [0.3, 0.4) is 0 Å². The zero-order valence-corrected chi connectivity index (χ0v) is 15.7. The second-order valence-electron chi connectivity index (χ2n) is 6.09. The lowest BCUT2D eigenvalue weighted by Gasteiger charge is -2.12. The Labute approximate surface area is 157 Å². The summed E-state index contributed by atoms with van der Waals surface area (Å²) in [6.07, 6.45) is 1.22. The first kappa shape index (κ1) is 18.7. The molecule has 3 rings (SSSR count). The highest BCUT2D eigenvalue weighted by Crippen LogP contribution is 2.26. The number of hydrogen-bond donors (Lipinski definition) is 2. The average molecular weight is 395 g/mol. The number of methoxy groups -OCH3 is 1. The molecule has 8 heteroatoms. The second-order valence-corrected chi connectivity index (χ2v) is 8.24. The van der Waals surface area contributed by atoms with Crippen molar-refractivity contribution in [1.82, 2.24) is 4.72 Å². The summed E-state index contributed by atoms with van der Waals surface area (Å²) in [5.41, 5.74) is 2.96. The lowest BCUT2D eigenvalue weighted by molar-refractivity contribution is -0.138. The van der Waals surface area contributed by atoms with Crippen LogP contribution in [0.4, 0.5) is 5.69 Å². The number of fused-ring (bicyclic) bond motifs is 1. The van der Waals surface area contributed by atoms with E-state index in [0.717, 1.165) is 16.8 Å². The van der Waals surface area contributed by atoms with Crippen LogP contribution in [-0.4, -0.2) is 34.1 Å². The molecule has 2 N–H and O–H groups in total. The molecular formula is C18H19ClN2O4S. The number of carbonyl (C=O) groups excluding carboxylic acids is 1. The van der Waals surface area contributed by atoms with Gasteiger partial charge in [0, 0.05) is 16.8 Å². The van der Waals surface area contributed by atoms with E-state index >= 15 is 0 Å². The van der Waals surface area contributed by atoms with E-state index in [-0.39, 0.29) is 23.5 Å². The molecular weight excluding hydrogens is 376 g/mol. The van der Waals surface area contributed by atoms with Gasteiger partial charge in [-0.05, 0) is 60.4 Å². The summed E-state index contributed by atoms with van der Waals surface area (Å²) in [5.74, 6) is -0.348. The zero-order chi connectivity index (χ0) is 18.7. The maximum Gasteiger partial charge on any atom is 0.325 e. The van der Waals surface area contributed by atoms with Gasteiger partial charge in [-0.25, -0.2) is 13.1 Å². The zero-order valence-electron chi connectivity index (χ0n) is 14.2. The Morgan fingerprint density at radius 2 is 1.85 bits per heavy atom. The molecule has 0 saturated heterocycles. The topological polar surface area (TPSA) is 84.5 Å². The lowest BCUT2D eigenvalue weighted by atomic mass is 10.1. The number of carbonyl (C=O) groups is 1. The predicted octanol–water partition coefficient (Wildman–Crippen LogP) is 2.37. The molecule has 0 radical (unpaired) electrons. The van der Waals surface area contributed by atoms with E-state index in [1.165, 1.54) is 19.2 Å². The third kappa shape index (κ3) is 4.35. The van der Waals surface area contributed by atoms with Crippen molar-refractivity contribution in [2.75, 3.05) is 19.0 Å². The maximum absolute atomic E-state index is 12.5. The van der Waals surface area contributed by atoms with E-state index < -0.39 is 10.0 Å². The molecule has 0 amide bonds. The van der Waals surface area contributed by atoms with Crippen LogP contribution in [0.1, 0.15) is 11.1 Å². The summed E-state index contributed by atoms with van der Waals surface area (Å²) in [5, 5.41) is 3.48. The van der Waals surface area contributed by atoms with E-state index in [0.29, 0.717) is 17.9 Å². The van der Waals surface area contributed by atoms with Crippen molar-refractivity contribution < 1.29 is 17.9 Å². The molecule has 0 spiro atoms. The van der Waals surface area contributed by atoms with Gasteiger partial charge < -0.3 is 10.1 Å². The first-order valence-corrected chi connectivity index (χ1v) is 9.94. The Kier molecular flexibility index (Phi) is 5.50. The Bertz CT molecular complexity index is 913. The van der Waals surface area contributed by atoms with Gasteiger partial charge in [-0.2, -0.15) is 0 Å². The summed E-state index contributed by atoms with van der Waals surface area (Å²) in [7, 11) is -2.26. The van der Waals surface area contributed by atoms with Gasteiger partial charge in [0.25, 0.3) is 0 Å². The normalized spacial score (nSPS) is 16.2. The molecule has 6 nitrogen and oxygen atoms in total. The molecule has 0 bridgehead atoms. The Morgan fingerprint density at radius 1 is 1.15 bits per heavy atom. The van der Waals surface area contributed by atoms with E-state index in [4.69, 9.17) is 11.6 Å². The molecule has 1 aliphatic carbocycles. The minimum absolute atomic E-state index is 0.0852. The Balaban J connectivity index is 1.66. The van der Waals surface area contributed by atoms with Gasteiger partial charge in [0.1, 0.15) is 6.54 Å².